The summed E-state index contributed by atoms with van der Waals surface area (Å²) in [4.78, 5) is -2.01. The number of carbonyl (C=O) groups is 1. The highest BCUT2D eigenvalue weighted by molar-refractivity contribution is 6.83. The predicted molar refractivity (Wildman–Crippen MR) is 91.7 cm³/mol. The van der Waals surface area contributed by atoms with Crippen LogP contribution in [0.25, 0.3) is 0 Å². The van der Waals surface area contributed by atoms with E-state index in [1.54, 1.807) is 0 Å². The molecule has 6 aliphatic rings. The molecule has 0 heterocycles. The van der Waals surface area contributed by atoms with E-state index in [-0.39, 0.29) is 5.48 Å². The van der Waals surface area contributed by atoms with Crippen molar-refractivity contribution in [3.8, 4) is 0 Å². The van der Waals surface area contributed by atoms with E-state index in [1.807, 2.05) is 0 Å². The quantitative estimate of drug-likeness (QED) is 0.460. The van der Waals surface area contributed by atoms with Crippen LogP contribution in [0.1, 0.15) is 0 Å². The van der Waals surface area contributed by atoms with E-state index in [0.29, 0.717) is 0 Å². The van der Waals surface area contributed by atoms with Crippen molar-refractivity contribution in [2.75, 3.05) is 0 Å². The first-order valence-electron chi connectivity index (χ1n) is 5.59. The first-order chi connectivity index (χ1) is 9.15. The summed E-state index contributed by atoms with van der Waals surface area (Å²) < 4.78 is -1.94. The molecular weight excluding hydrogens is 507 g/mol. The van der Waals surface area contributed by atoms with E-state index in [0.717, 1.165) is 0 Å². The largest absolute Gasteiger partial charge is 0.412 e. The predicted octanol–water partition coefficient (Wildman–Crippen LogP) is 3.79. The van der Waals surface area contributed by atoms with E-state index in [4.69, 9.17) is 116 Å². The van der Waals surface area contributed by atoms with Crippen LogP contribution in [0.5, 0.6) is 0 Å². The maximum atomic E-state index is 12.8. The summed E-state index contributed by atoms with van der Waals surface area (Å²) in [7, 11) is 0. The normalized spacial score (nSPS) is 77.3. The standard InChI is InChI=1S/C10Cl10O.H2O/c11-2-1(21)3(12)6(15)4(2,13)8(17)5(2,14)7(3,16)9(6,18)10(8,19)20;/h;1H2. The number of rotatable bonds is 0. The molecule has 0 amide bonds. The van der Waals surface area contributed by atoms with E-state index < -0.39 is 49.1 Å². The van der Waals surface area contributed by atoms with Gasteiger partial charge in [-0.3, -0.25) is 4.79 Å². The third-order valence-electron chi connectivity index (χ3n) is 6.24. The lowest BCUT2D eigenvalue weighted by molar-refractivity contribution is -0.122. The Kier molecular flexibility index (Phi) is 2.75. The monoisotopic (exact) mass is 504 g/mol. The summed E-state index contributed by atoms with van der Waals surface area (Å²) in [6.07, 6.45) is 0. The van der Waals surface area contributed by atoms with Crippen LogP contribution < -0.4 is 0 Å². The average Bonchev–Trinajstić information content (AvgIpc) is 2.64. The SMILES string of the molecule is O.O=C1C2(Cl)C3(Cl)C4(Cl)C(Cl)(Cl)C5(Cl)C3(Cl)C1(Cl)C5(Cl)C24Cl. The highest BCUT2D eigenvalue weighted by Gasteiger charge is 3.30. The molecule has 0 saturated heterocycles. The molecule has 2 N–H and O–H groups in total. The zero-order chi connectivity index (χ0) is 16.1. The van der Waals surface area contributed by atoms with Crippen LogP contribution in [0.15, 0.2) is 0 Å². The third kappa shape index (κ3) is 0.696. The van der Waals surface area contributed by atoms with E-state index in [1.165, 1.54) is 0 Å². The fraction of sp³-hybridized carbons (Fsp3) is 0.900. The van der Waals surface area contributed by atoms with Crippen molar-refractivity contribution in [2.24, 2.45) is 0 Å². The summed E-state index contributed by atoms with van der Waals surface area (Å²) in [6.45, 7) is 0. The van der Waals surface area contributed by atoms with Crippen LogP contribution in [-0.2, 0) is 4.79 Å². The molecule has 6 rings (SSSR count). The molecule has 4 unspecified atom stereocenters. The second-order valence-corrected chi connectivity index (χ2v) is 12.0. The highest BCUT2D eigenvalue weighted by atomic mass is 35.5. The van der Waals surface area contributed by atoms with E-state index in [9.17, 15) is 4.79 Å². The third-order valence-corrected chi connectivity index (χ3v) is 15.3. The Hall–Kier alpha value is 2.53. The number of ketones is 1. The van der Waals surface area contributed by atoms with Gasteiger partial charge in [0.1, 0.15) is 29.2 Å². The molecular formula is C10H2Cl10O2. The Morgan fingerprint density at radius 2 is 0.727 bits per heavy atom. The lowest BCUT2D eigenvalue weighted by Crippen LogP contribution is -3.03. The molecule has 6 fully saturated rings. The number of alkyl halides is 10. The summed E-state index contributed by atoms with van der Waals surface area (Å²) in [6, 6.07) is 0. The molecule has 0 aromatic rings. The number of Topliss-reactive ketones (excluding diaryl/α,β-unsaturated/α-hetero) is 1. The van der Waals surface area contributed by atoms with Crippen LogP contribution in [0.3, 0.4) is 0 Å². The van der Waals surface area contributed by atoms with Gasteiger partial charge in [-0.05, 0) is 0 Å². The van der Waals surface area contributed by atoms with Crippen molar-refractivity contribution in [1.29, 1.82) is 0 Å². The fourth-order valence-corrected chi connectivity index (χ4v) is 14.0. The lowest BCUT2D eigenvalue weighted by atomic mass is 9.41. The smallest absolute Gasteiger partial charge is 0.182 e. The molecule has 22 heavy (non-hydrogen) atoms. The van der Waals surface area contributed by atoms with Crippen LogP contribution in [0, 0.1) is 0 Å². The number of carbonyl (C=O) groups excluding carboxylic acids is 1. The molecule has 0 aromatic carbocycles. The van der Waals surface area contributed by atoms with Gasteiger partial charge in [-0.1, -0.05) is 23.2 Å². The van der Waals surface area contributed by atoms with Crippen molar-refractivity contribution in [1.82, 2.24) is 0 Å². The van der Waals surface area contributed by atoms with E-state index >= 15 is 0 Å². The number of hydrogen-bond acceptors (Lipinski definition) is 1. The Morgan fingerprint density at radius 1 is 0.500 bits per heavy atom. The van der Waals surface area contributed by atoms with Crippen molar-refractivity contribution in [3.05, 3.63) is 0 Å². The molecule has 0 aromatic heterocycles. The van der Waals surface area contributed by atoms with Crippen molar-refractivity contribution >= 4 is 122 Å². The van der Waals surface area contributed by atoms with E-state index in [2.05, 4.69) is 0 Å². The molecule has 6 saturated carbocycles. The zero-order valence-corrected chi connectivity index (χ0v) is 17.2. The Labute approximate surface area is 174 Å². The zero-order valence-electron chi connectivity index (χ0n) is 9.69. The molecule has 6 aliphatic carbocycles. The number of hydrogen-bond donors (Lipinski definition) is 0. The lowest BCUT2D eigenvalue weighted by Gasteiger charge is -2.80. The molecule has 0 aliphatic heterocycles. The summed E-state index contributed by atoms with van der Waals surface area (Å²) in [5.41, 5.74) is 0. The summed E-state index contributed by atoms with van der Waals surface area (Å²) >= 11 is 65.7. The number of halogens is 10. The Bertz CT molecular complexity index is 634. The van der Waals surface area contributed by atoms with Gasteiger partial charge in [0.05, 0.1) is 0 Å². The van der Waals surface area contributed by atoms with Crippen molar-refractivity contribution in [2.45, 2.75) is 43.3 Å². The van der Waals surface area contributed by atoms with Gasteiger partial charge in [-0.2, -0.15) is 0 Å². The molecule has 4 bridgehead atoms. The molecule has 12 heteroatoms. The second-order valence-electron chi connectivity index (χ2n) is 6.17. The topological polar surface area (TPSA) is 48.6 Å². The molecule has 124 valence electrons. The van der Waals surface area contributed by atoms with Crippen molar-refractivity contribution in [3.63, 3.8) is 0 Å². The van der Waals surface area contributed by atoms with Gasteiger partial charge in [-0.25, -0.2) is 0 Å². The Morgan fingerprint density at radius 3 is 0.955 bits per heavy atom. The van der Waals surface area contributed by atoms with Gasteiger partial charge in [0, 0.05) is 0 Å². The highest BCUT2D eigenvalue weighted by Crippen LogP contribution is 3.09. The first-order valence-corrected chi connectivity index (χ1v) is 9.37. The second kappa shape index (κ2) is 3.37. The molecule has 2 nitrogen and oxygen atoms in total. The van der Waals surface area contributed by atoms with Gasteiger partial charge >= 0.3 is 0 Å². The summed E-state index contributed by atoms with van der Waals surface area (Å²) in [5, 5.41) is 0. The average molecular weight is 509 g/mol. The summed E-state index contributed by atoms with van der Waals surface area (Å²) in [5.74, 6) is -0.690. The first kappa shape index (κ1) is 17.9. The van der Waals surface area contributed by atoms with Crippen molar-refractivity contribution < 1.29 is 10.3 Å². The van der Waals surface area contributed by atoms with Gasteiger partial charge in [0.15, 0.2) is 19.9 Å². The van der Waals surface area contributed by atoms with Crippen LogP contribution in [0.4, 0.5) is 0 Å². The van der Waals surface area contributed by atoms with Crippen LogP contribution in [-0.4, -0.2) is 54.6 Å². The van der Waals surface area contributed by atoms with Gasteiger partial charge < -0.3 is 5.48 Å². The maximum absolute atomic E-state index is 12.8. The minimum atomic E-state index is -1.94. The molecule has 0 radical (unpaired) electrons. The fourth-order valence-electron chi connectivity index (χ4n) is 5.64. The Balaban J connectivity index is 0.00000125. The van der Waals surface area contributed by atoms with Gasteiger partial charge in [0.2, 0.25) is 0 Å². The maximum Gasteiger partial charge on any atom is 0.182 e. The molecule has 4 atom stereocenters. The minimum absolute atomic E-state index is 0. The van der Waals surface area contributed by atoms with Gasteiger partial charge in [0.25, 0.3) is 0 Å². The van der Waals surface area contributed by atoms with Gasteiger partial charge in [-0.15, -0.1) is 92.8 Å². The van der Waals surface area contributed by atoms with Crippen LogP contribution >= 0.6 is 116 Å². The van der Waals surface area contributed by atoms with Crippen LogP contribution in [0.2, 0.25) is 0 Å². The minimum Gasteiger partial charge on any atom is -0.412 e. The molecule has 0 spiro atoms.